The van der Waals surface area contributed by atoms with E-state index in [4.69, 9.17) is 11.6 Å². The van der Waals surface area contributed by atoms with Gasteiger partial charge in [0.1, 0.15) is 5.82 Å². The molecule has 2 rings (SSSR count). The molecule has 2 aromatic rings. The number of anilines is 1. The molecule has 0 aliphatic heterocycles. The SMILES string of the molecule is CN(CC(=O)Nc1cc(C(C)(C)C)nn1C(C)(C)C)S(=O)(=O)c1ccc(Cl)cc1. The van der Waals surface area contributed by atoms with Crippen LogP contribution in [0.15, 0.2) is 35.2 Å². The Hall–Kier alpha value is -1.90. The number of likely N-dealkylation sites (N-methyl/N-ethyl adjacent to an activating group) is 1. The van der Waals surface area contributed by atoms with Crippen LogP contribution in [0.25, 0.3) is 0 Å². The number of hydrogen-bond acceptors (Lipinski definition) is 4. The molecule has 1 aromatic heterocycles. The van der Waals surface area contributed by atoms with Crippen LogP contribution in [0.5, 0.6) is 0 Å². The van der Waals surface area contributed by atoms with Crippen LogP contribution < -0.4 is 5.32 Å². The zero-order chi connectivity index (χ0) is 22.2. The van der Waals surface area contributed by atoms with E-state index in [1.54, 1.807) is 4.68 Å². The predicted octanol–water partition coefficient (Wildman–Crippen LogP) is 3.85. The van der Waals surface area contributed by atoms with E-state index in [-0.39, 0.29) is 22.4 Å². The Morgan fingerprint density at radius 3 is 2.17 bits per heavy atom. The van der Waals surface area contributed by atoms with Crippen molar-refractivity contribution in [2.75, 3.05) is 18.9 Å². The summed E-state index contributed by atoms with van der Waals surface area (Å²) in [6.45, 7) is 11.8. The van der Waals surface area contributed by atoms with Gasteiger partial charge in [-0.2, -0.15) is 9.40 Å². The number of nitrogens with one attached hydrogen (secondary N) is 1. The average Bonchev–Trinajstić information content (AvgIpc) is 2.99. The van der Waals surface area contributed by atoms with Crippen LogP contribution in [0.3, 0.4) is 0 Å². The van der Waals surface area contributed by atoms with Crippen LogP contribution in [0.1, 0.15) is 47.2 Å². The fourth-order valence-corrected chi connectivity index (χ4v) is 3.86. The maximum atomic E-state index is 12.7. The molecule has 0 spiro atoms. The van der Waals surface area contributed by atoms with Crippen LogP contribution in [-0.4, -0.2) is 42.0 Å². The van der Waals surface area contributed by atoms with Gasteiger partial charge in [0.15, 0.2) is 0 Å². The van der Waals surface area contributed by atoms with Crippen molar-refractivity contribution in [3.8, 4) is 0 Å². The van der Waals surface area contributed by atoms with Gasteiger partial charge in [0, 0.05) is 23.6 Å². The van der Waals surface area contributed by atoms with Crippen molar-refractivity contribution < 1.29 is 13.2 Å². The molecule has 1 N–H and O–H groups in total. The Morgan fingerprint density at radius 2 is 1.69 bits per heavy atom. The van der Waals surface area contributed by atoms with Crippen molar-refractivity contribution in [2.24, 2.45) is 0 Å². The number of benzene rings is 1. The highest BCUT2D eigenvalue weighted by Gasteiger charge is 2.27. The smallest absolute Gasteiger partial charge is 0.243 e. The van der Waals surface area contributed by atoms with Crippen molar-refractivity contribution in [3.05, 3.63) is 41.0 Å². The summed E-state index contributed by atoms with van der Waals surface area (Å²) in [7, 11) is -2.44. The normalized spacial score (nSPS) is 13.0. The monoisotopic (exact) mass is 440 g/mol. The quantitative estimate of drug-likeness (QED) is 0.765. The molecule has 0 radical (unpaired) electrons. The molecule has 0 fully saturated rings. The van der Waals surface area contributed by atoms with E-state index >= 15 is 0 Å². The van der Waals surface area contributed by atoms with Gasteiger partial charge in [-0.3, -0.25) is 4.79 Å². The number of carbonyl (C=O) groups is 1. The second kappa shape index (κ2) is 8.08. The molecule has 0 aliphatic carbocycles. The third-order valence-electron chi connectivity index (χ3n) is 4.27. The van der Waals surface area contributed by atoms with Gasteiger partial charge in [-0.25, -0.2) is 13.1 Å². The summed E-state index contributed by atoms with van der Waals surface area (Å²) in [5.41, 5.74) is 0.294. The average molecular weight is 441 g/mol. The number of halogens is 1. The van der Waals surface area contributed by atoms with Crippen molar-refractivity contribution >= 4 is 33.3 Å². The van der Waals surface area contributed by atoms with E-state index in [9.17, 15) is 13.2 Å². The first kappa shape index (κ1) is 23.4. The summed E-state index contributed by atoms with van der Waals surface area (Å²) < 4.78 is 28.1. The first-order chi connectivity index (χ1) is 13.1. The Kier molecular flexibility index (Phi) is 6.52. The van der Waals surface area contributed by atoms with Crippen molar-refractivity contribution in [1.82, 2.24) is 14.1 Å². The molecule has 1 aromatic carbocycles. The minimum absolute atomic E-state index is 0.0759. The number of sulfonamides is 1. The van der Waals surface area contributed by atoms with Crippen LogP contribution in [0, 0.1) is 0 Å². The fraction of sp³-hybridized carbons (Fsp3) is 0.500. The third kappa shape index (κ3) is 5.58. The Morgan fingerprint density at radius 1 is 1.14 bits per heavy atom. The fourth-order valence-electron chi connectivity index (χ4n) is 2.60. The summed E-state index contributed by atoms with van der Waals surface area (Å²) in [6, 6.07) is 7.65. The number of carbonyl (C=O) groups excluding carboxylic acids is 1. The summed E-state index contributed by atoms with van der Waals surface area (Å²) in [4.78, 5) is 12.7. The van der Waals surface area contributed by atoms with E-state index < -0.39 is 15.9 Å². The molecule has 9 heteroatoms. The molecule has 0 aliphatic rings. The number of rotatable bonds is 5. The van der Waals surface area contributed by atoms with Gasteiger partial charge in [0.25, 0.3) is 0 Å². The molecule has 29 heavy (non-hydrogen) atoms. The maximum Gasteiger partial charge on any atom is 0.243 e. The van der Waals surface area contributed by atoms with Gasteiger partial charge in [0.05, 0.1) is 22.7 Å². The lowest BCUT2D eigenvalue weighted by Gasteiger charge is -2.23. The largest absolute Gasteiger partial charge is 0.310 e. The van der Waals surface area contributed by atoms with Crippen LogP contribution in [-0.2, 0) is 25.8 Å². The first-order valence-corrected chi connectivity index (χ1v) is 11.1. The lowest BCUT2D eigenvalue weighted by atomic mass is 9.92. The number of aromatic nitrogens is 2. The zero-order valence-electron chi connectivity index (χ0n) is 17.9. The van der Waals surface area contributed by atoms with Gasteiger partial charge in [-0.15, -0.1) is 0 Å². The van der Waals surface area contributed by atoms with Gasteiger partial charge >= 0.3 is 0 Å². The Bertz CT molecular complexity index is 984. The van der Waals surface area contributed by atoms with Gasteiger partial charge in [-0.1, -0.05) is 32.4 Å². The van der Waals surface area contributed by atoms with Crippen molar-refractivity contribution in [1.29, 1.82) is 0 Å². The molecule has 160 valence electrons. The van der Waals surface area contributed by atoms with Crippen LogP contribution in [0.2, 0.25) is 5.02 Å². The van der Waals surface area contributed by atoms with E-state index in [1.807, 2.05) is 47.6 Å². The molecule has 0 atom stereocenters. The lowest BCUT2D eigenvalue weighted by Crippen LogP contribution is -2.36. The first-order valence-electron chi connectivity index (χ1n) is 9.25. The summed E-state index contributed by atoms with van der Waals surface area (Å²) in [6.07, 6.45) is 0. The minimum atomic E-state index is -3.81. The summed E-state index contributed by atoms with van der Waals surface area (Å²) in [5.74, 6) is 0.0839. The second-order valence-corrected chi connectivity index (χ2v) is 11.5. The lowest BCUT2D eigenvalue weighted by molar-refractivity contribution is -0.116. The predicted molar refractivity (Wildman–Crippen MR) is 116 cm³/mol. The molecule has 0 saturated carbocycles. The molecule has 0 saturated heterocycles. The highest BCUT2D eigenvalue weighted by atomic mass is 35.5. The minimum Gasteiger partial charge on any atom is -0.310 e. The third-order valence-corrected chi connectivity index (χ3v) is 6.34. The van der Waals surface area contributed by atoms with E-state index in [0.717, 1.165) is 10.00 Å². The highest BCUT2D eigenvalue weighted by Crippen LogP contribution is 2.28. The van der Waals surface area contributed by atoms with Gasteiger partial charge in [0.2, 0.25) is 15.9 Å². The maximum absolute atomic E-state index is 12.7. The van der Waals surface area contributed by atoms with Crippen LogP contribution >= 0.6 is 11.6 Å². The molecule has 1 heterocycles. The second-order valence-electron chi connectivity index (χ2n) is 9.01. The zero-order valence-corrected chi connectivity index (χ0v) is 19.5. The Balaban J connectivity index is 2.22. The van der Waals surface area contributed by atoms with Gasteiger partial charge in [-0.05, 0) is 45.0 Å². The van der Waals surface area contributed by atoms with E-state index in [1.165, 1.54) is 31.3 Å². The van der Waals surface area contributed by atoms with Gasteiger partial charge < -0.3 is 5.32 Å². The van der Waals surface area contributed by atoms with Crippen molar-refractivity contribution in [3.63, 3.8) is 0 Å². The molecule has 7 nitrogen and oxygen atoms in total. The highest BCUT2D eigenvalue weighted by molar-refractivity contribution is 7.89. The van der Waals surface area contributed by atoms with Crippen molar-refractivity contribution in [2.45, 2.75) is 57.4 Å². The number of hydrogen-bond donors (Lipinski definition) is 1. The van der Waals surface area contributed by atoms with Crippen LogP contribution in [0.4, 0.5) is 5.82 Å². The molecule has 0 unspecified atom stereocenters. The number of nitrogens with zero attached hydrogens (tertiary/aromatic N) is 3. The molecule has 1 amide bonds. The summed E-state index contributed by atoms with van der Waals surface area (Å²) >= 11 is 5.82. The number of amides is 1. The van der Waals surface area contributed by atoms with E-state index in [2.05, 4.69) is 10.4 Å². The van der Waals surface area contributed by atoms with E-state index in [0.29, 0.717) is 10.8 Å². The standard InChI is InChI=1S/C20H29ClN4O3S/c1-19(2,3)16-12-17(25(23-16)20(4,5)6)22-18(26)13-24(7)29(27,28)15-10-8-14(21)9-11-15/h8-12H,13H2,1-7H3,(H,22,26). The summed E-state index contributed by atoms with van der Waals surface area (Å²) in [5, 5.41) is 7.89. The Labute approximate surface area is 178 Å². The molecular weight excluding hydrogens is 412 g/mol. The topological polar surface area (TPSA) is 84.3 Å². The molecular formula is C20H29ClN4O3S. The molecule has 0 bridgehead atoms.